The highest BCUT2D eigenvalue weighted by atomic mass is 16.5. The van der Waals surface area contributed by atoms with E-state index in [1.54, 1.807) is 19.6 Å². The van der Waals surface area contributed by atoms with Crippen LogP contribution < -0.4 is 10.1 Å². The molecule has 4 rings (SSSR count). The van der Waals surface area contributed by atoms with Crippen molar-refractivity contribution in [3.8, 4) is 5.75 Å². The molecule has 1 aromatic heterocycles. The second-order valence-corrected chi connectivity index (χ2v) is 8.49. The van der Waals surface area contributed by atoms with E-state index < -0.39 is 5.54 Å². The third kappa shape index (κ3) is 4.32. The fourth-order valence-corrected chi connectivity index (χ4v) is 4.91. The maximum atomic E-state index is 13.4. The number of piperidine rings is 1. The van der Waals surface area contributed by atoms with Gasteiger partial charge in [-0.15, -0.1) is 0 Å². The number of furan rings is 1. The van der Waals surface area contributed by atoms with Crippen molar-refractivity contribution in [3.63, 3.8) is 0 Å². The molecule has 0 spiro atoms. The van der Waals surface area contributed by atoms with E-state index in [1.807, 2.05) is 37.3 Å². The van der Waals surface area contributed by atoms with Gasteiger partial charge in [0.15, 0.2) is 0 Å². The molecule has 1 N–H and O–H groups in total. The Hall–Kier alpha value is -2.80. The zero-order valence-corrected chi connectivity index (χ0v) is 18.3. The van der Waals surface area contributed by atoms with Gasteiger partial charge in [-0.2, -0.15) is 0 Å². The Balaban J connectivity index is 1.37. The molecule has 7 heteroatoms. The van der Waals surface area contributed by atoms with E-state index in [2.05, 4.69) is 10.2 Å². The van der Waals surface area contributed by atoms with Gasteiger partial charge < -0.3 is 14.5 Å². The van der Waals surface area contributed by atoms with Gasteiger partial charge in [0.25, 0.3) is 5.91 Å². The number of benzene rings is 1. The summed E-state index contributed by atoms with van der Waals surface area (Å²) < 4.78 is 10.4. The minimum Gasteiger partial charge on any atom is -0.497 e. The molecule has 3 heterocycles. The van der Waals surface area contributed by atoms with Crippen molar-refractivity contribution < 1.29 is 18.7 Å². The van der Waals surface area contributed by atoms with E-state index in [9.17, 15) is 9.59 Å². The molecule has 31 heavy (non-hydrogen) atoms. The summed E-state index contributed by atoms with van der Waals surface area (Å²) in [5.41, 5.74) is 1.46. The lowest BCUT2D eigenvalue weighted by Gasteiger charge is -2.40. The number of hydrogen-bond acceptors (Lipinski definition) is 5. The predicted molar refractivity (Wildman–Crippen MR) is 117 cm³/mol. The third-order valence-corrected chi connectivity index (χ3v) is 6.81. The number of urea groups is 1. The van der Waals surface area contributed by atoms with Crippen LogP contribution in [0, 0.1) is 5.92 Å². The number of ether oxygens (including phenoxy) is 1. The van der Waals surface area contributed by atoms with Crippen molar-refractivity contribution in [3.05, 3.63) is 54.0 Å². The van der Waals surface area contributed by atoms with Crippen molar-refractivity contribution in [1.82, 2.24) is 15.1 Å². The first-order chi connectivity index (χ1) is 15.1. The minimum atomic E-state index is -0.779. The summed E-state index contributed by atoms with van der Waals surface area (Å²) in [6.07, 6.45) is 6.51. The van der Waals surface area contributed by atoms with Crippen molar-refractivity contribution in [2.45, 2.75) is 44.7 Å². The normalized spacial score (nSPS) is 22.7. The molecule has 2 aromatic rings. The number of carbonyl (C=O) groups excluding carboxylic acids is 2. The number of methoxy groups -OCH3 is 1. The van der Waals surface area contributed by atoms with Gasteiger partial charge in [0.05, 0.1) is 19.6 Å². The van der Waals surface area contributed by atoms with E-state index >= 15 is 0 Å². The highest BCUT2D eigenvalue weighted by Crippen LogP contribution is 2.36. The van der Waals surface area contributed by atoms with Crippen molar-refractivity contribution in [1.29, 1.82) is 0 Å². The lowest BCUT2D eigenvalue weighted by Crippen LogP contribution is -2.55. The fourth-order valence-electron chi connectivity index (χ4n) is 4.91. The van der Waals surface area contributed by atoms with Crippen molar-refractivity contribution >= 4 is 11.9 Å². The minimum absolute atomic E-state index is 0.0678. The zero-order valence-electron chi connectivity index (χ0n) is 18.3. The van der Waals surface area contributed by atoms with E-state index in [0.29, 0.717) is 19.4 Å². The summed E-state index contributed by atoms with van der Waals surface area (Å²) in [6.45, 7) is 5.07. The Bertz CT molecular complexity index is 888. The number of amides is 3. The Morgan fingerprint density at radius 3 is 2.48 bits per heavy atom. The summed E-state index contributed by atoms with van der Waals surface area (Å²) in [4.78, 5) is 30.0. The lowest BCUT2D eigenvalue weighted by atomic mass is 9.75. The monoisotopic (exact) mass is 425 g/mol. The van der Waals surface area contributed by atoms with Crippen LogP contribution in [-0.2, 0) is 17.8 Å². The largest absolute Gasteiger partial charge is 0.497 e. The summed E-state index contributed by atoms with van der Waals surface area (Å²) in [5.74, 6) is 0.880. The number of rotatable bonds is 8. The molecule has 0 bridgehead atoms. The van der Waals surface area contributed by atoms with E-state index in [4.69, 9.17) is 9.15 Å². The molecule has 0 radical (unpaired) electrons. The van der Waals surface area contributed by atoms with Gasteiger partial charge in [-0.1, -0.05) is 19.1 Å². The van der Waals surface area contributed by atoms with Crippen LogP contribution in [0.4, 0.5) is 4.79 Å². The molecular weight excluding hydrogens is 394 g/mol. The quantitative estimate of drug-likeness (QED) is 0.656. The van der Waals surface area contributed by atoms with Crippen LogP contribution in [0.2, 0.25) is 0 Å². The van der Waals surface area contributed by atoms with E-state index in [0.717, 1.165) is 43.8 Å². The average molecular weight is 426 g/mol. The second-order valence-electron chi connectivity index (χ2n) is 8.49. The number of likely N-dealkylation sites (tertiary alicyclic amines) is 1. The van der Waals surface area contributed by atoms with Crippen LogP contribution in [0.3, 0.4) is 0 Å². The van der Waals surface area contributed by atoms with Gasteiger partial charge in [-0.3, -0.25) is 14.6 Å². The predicted octanol–water partition coefficient (Wildman–Crippen LogP) is 3.44. The van der Waals surface area contributed by atoms with Crippen molar-refractivity contribution in [2.24, 2.45) is 5.92 Å². The standard InChI is InChI=1S/C24H31N3O4/c1-3-24(20-9-12-26(13-10-20)16-19-11-15-31-17-19)22(28)27(23(29)25-24)14-8-18-4-6-21(30-2)7-5-18/h4-7,11,15,17,20H,3,8-10,12-14,16H2,1-2H3,(H,25,29)/t24-/m0/s1. The smallest absolute Gasteiger partial charge is 0.325 e. The number of hydrogen-bond donors (Lipinski definition) is 1. The topological polar surface area (TPSA) is 75.0 Å². The molecule has 0 aliphatic carbocycles. The molecule has 1 atom stereocenters. The van der Waals surface area contributed by atoms with E-state index in [-0.39, 0.29) is 17.9 Å². The second kappa shape index (κ2) is 9.14. The first kappa shape index (κ1) is 21.4. The highest BCUT2D eigenvalue weighted by molar-refractivity contribution is 6.07. The summed E-state index contributed by atoms with van der Waals surface area (Å²) >= 11 is 0. The van der Waals surface area contributed by atoms with Crippen LogP contribution in [0.1, 0.15) is 37.3 Å². The number of imide groups is 1. The summed E-state index contributed by atoms with van der Waals surface area (Å²) in [7, 11) is 1.63. The Morgan fingerprint density at radius 2 is 1.87 bits per heavy atom. The first-order valence-corrected chi connectivity index (χ1v) is 11.1. The van der Waals surface area contributed by atoms with Crippen LogP contribution in [0.25, 0.3) is 0 Å². The van der Waals surface area contributed by atoms with Gasteiger partial charge in [0.2, 0.25) is 0 Å². The molecule has 2 aliphatic rings. The van der Waals surface area contributed by atoms with Gasteiger partial charge in [-0.05, 0) is 68.5 Å². The number of carbonyl (C=O) groups is 2. The van der Waals surface area contributed by atoms with Crippen LogP contribution in [0.5, 0.6) is 5.75 Å². The number of nitrogens with one attached hydrogen (secondary N) is 1. The molecule has 2 fully saturated rings. The van der Waals surface area contributed by atoms with Gasteiger partial charge in [0, 0.05) is 18.7 Å². The zero-order chi connectivity index (χ0) is 21.8. The summed E-state index contributed by atoms with van der Waals surface area (Å²) in [5, 5.41) is 3.09. The highest BCUT2D eigenvalue weighted by Gasteiger charge is 2.54. The molecular formula is C24H31N3O4. The molecule has 2 aliphatic heterocycles. The molecule has 2 saturated heterocycles. The van der Waals surface area contributed by atoms with Gasteiger partial charge in [0.1, 0.15) is 11.3 Å². The SMILES string of the molecule is CC[C@@]1(C2CCN(Cc3ccoc3)CC2)NC(=O)N(CCc2ccc(OC)cc2)C1=O. The summed E-state index contributed by atoms with van der Waals surface area (Å²) in [6, 6.07) is 9.46. The molecule has 1 aromatic carbocycles. The van der Waals surface area contributed by atoms with Crippen LogP contribution >= 0.6 is 0 Å². The van der Waals surface area contributed by atoms with Crippen molar-refractivity contribution in [2.75, 3.05) is 26.7 Å². The van der Waals surface area contributed by atoms with Crippen LogP contribution in [-0.4, -0.2) is 54.0 Å². The maximum Gasteiger partial charge on any atom is 0.325 e. The maximum absolute atomic E-state index is 13.4. The first-order valence-electron chi connectivity index (χ1n) is 11.1. The molecule has 3 amide bonds. The molecule has 0 unspecified atom stereocenters. The molecule has 0 saturated carbocycles. The lowest BCUT2D eigenvalue weighted by molar-refractivity contribution is -0.134. The van der Waals surface area contributed by atoms with Gasteiger partial charge in [-0.25, -0.2) is 4.79 Å². The Morgan fingerprint density at radius 1 is 1.13 bits per heavy atom. The van der Waals surface area contributed by atoms with E-state index in [1.165, 1.54) is 10.5 Å². The molecule has 7 nitrogen and oxygen atoms in total. The number of nitrogens with zero attached hydrogens (tertiary/aromatic N) is 2. The van der Waals surface area contributed by atoms with Gasteiger partial charge >= 0.3 is 6.03 Å². The average Bonchev–Trinajstić information content (AvgIpc) is 3.39. The third-order valence-electron chi connectivity index (χ3n) is 6.81. The van der Waals surface area contributed by atoms with Crippen LogP contribution in [0.15, 0.2) is 47.3 Å². The Labute approximate surface area is 183 Å². The molecule has 166 valence electrons. The fraction of sp³-hybridized carbons (Fsp3) is 0.500. The Kier molecular flexibility index (Phi) is 6.32.